The van der Waals surface area contributed by atoms with Crippen LogP contribution in [0.1, 0.15) is 30.9 Å². The van der Waals surface area contributed by atoms with Gasteiger partial charge in [-0.05, 0) is 30.4 Å². The molecule has 1 fully saturated rings. The van der Waals surface area contributed by atoms with Crippen molar-refractivity contribution in [3.63, 3.8) is 0 Å². The lowest BCUT2D eigenvalue weighted by Gasteiger charge is -2.33. The minimum atomic E-state index is -3.52. The Kier molecular flexibility index (Phi) is 5.21. The SMILES string of the molecule is O=C(N[C@@H]1CCOc2ccccc21)[C@H]1CCCN(S(=O)(=O)c2cccs2)C1. The molecule has 2 aliphatic rings. The van der Waals surface area contributed by atoms with Crippen LogP contribution in [0.2, 0.25) is 0 Å². The van der Waals surface area contributed by atoms with Gasteiger partial charge in [-0.25, -0.2) is 8.42 Å². The third kappa shape index (κ3) is 3.74. The molecule has 3 heterocycles. The smallest absolute Gasteiger partial charge is 0.252 e. The molecule has 2 aliphatic heterocycles. The first kappa shape index (κ1) is 18.5. The number of sulfonamides is 1. The maximum Gasteiger partial charge on any atom is 0.252 e. The molecule has 1 aromatic heterocycles. The molecule has 6 nitrogen and oxygen atoms in total. The molecule has 1 saturated heterocycles. The number of carbonyl (C=O) groups excluding carboxylic acids is 1. The van der Waals surface area contributed by atoms with Crippen molar-refractivity contribution in [3.8, 4) is 5.75 Å². The number of carbonyl (C=O) groups is 1. The summed E-state index contributed by atoms with van der Waals surface area (Å²) in [7, 11) is -3.52. The standard InChI is InChI=1S/C19H22N2O4S2/c22-19(20-16-9-11-25-17-7-2-1-6-15(16)17)14-5-3-10-21(13-14)27(23,24)18-8-4-12-26-18/h1-2,4,6-8,12,14,16H,3,5,9-11,13H2,(H,20,22)/t14-,16+/m0/s1. The Morgan fingerprint density at radius 3 is 2.85 bits per heavy atom. The second-order valence-corrected chi connectivity index (χ2v) is 9.98. The van der Waals surface area contributed by atoms with E-state index in [1.807, 2.05) is 24.3 Å². The second-order valence-electron chi connectivity index (χ2n) is 6.87. The van der Waals surface area contributed by atoms with E-state index in [-0.39, 0.29) is 24.4 Å². The number of ether oxygens (including phenoxy) is 1. The average molecular weight is 407 g/mol. The van der Waals surface area contributed by atoms with E-state index in [0.29, 0.717) is 36.6 Å². The average Bonchev–Trinajstić information content (AvgIpc) is 3.24. The van der Waals surface area contributed by atoms with Crippen LogP contribution in [0.5, 0.6) is 5.75 Å². The molecule has 2 aromatic rings. The van der Waals surface area contributed by atoms with Gasteiger partial charge in [0.15, 0.2) is 0 Å². The van der Waals surface area contributed by atoms with Gasteiger partial charge in [-0.1, -0.05) is 24.3 Å². The van der Waals surface area contributed by atoms with E-state index < -0.39 is 10.0 Å². The van der Waals surface area contributed by atoms with Gasteiger partial charge in [-0.15, -0.1) is 11.3 Å². The van der Waals surface area contributed by atoms with Crippen molar-refractivity contribution in [2.24, 2.45) is 5.92 Å². The zero-order chi connectivity index (χ0) is 18.9. The van der Waals surface area contributed by atoms with E-state index in [1.54, 1.807) is 17.5 Å². The van der Waals surface area contributed by atoms with Crippen molar-refractivity contribution in [1.82, 2.24) is 9.62 Å². The number of hydrogen-bond acceptors (Lipinski definition) is 5. The number of piperidine rings is 1. The summed E-state index contributed by atoms with van der Waals surface area (Å²) in [5, 5.41) is 4.87. The highest BCUT2D eigenvalue weighted by Crippen LogP contribution is 2.32. The molecular formula is C19H22N2O4S2. The van der Waals surface area contributed by atoms with E-state index in [4.69, 9.17) is 4.74 Å². The first-order valence-corrected chi connectivity index (χ1v) is 11.4. The normalized spacial score (nSPS) is 23.3. The van der Waals surface area contributed by atoms with Crippen molar-refractivity contribution in [2.75, 3.05) is 19.7 Å². The summed E-state index contributed by atoms with van der Waals surface area (Å²) in [5.74, 6) is 0.394. The number of para-hydroxylation sites is 1. The van der Waals surface area contributed by atoms with Crippen molar-refractivity contribution in [2.45, 2.75) is 29.5 Å². The Hall–Kier alpha value is -1.90. The molecule has 1 amide bonds. The highest BCUT2D eigenvalue weighted by Gasteiger charge is 2.35. The number of nitrogens with one attached hydrogen (secondary N) is 1. The van der Waals surface area contributed by atoms with Crippen LogP contribution < -0.4 is 10.1 Å². The summed E-state index contributed by atoms with van der Waals surface area (Å²) in [4.78, 5) is 12.9. The van der Waals surface area contributed by atoms with Crippen molar-refractivity contribution >= 4 is 27.3 Å². The number of fused-ring (bicyclic) bond motifs is 1. The van der Waals surface area contributed by atoms with Crippen LogP contribution in [0.15, 0.2) is 46.0 Å². The van der Waals surface area contributed by atoms with E-state index in [0.717, 1.165) is 11.3 Å². The molecule has 0 aliphatic carbocycles. The van der Waals surface area contributed by atoms with E-state index in [9.17, 15) is 13.2 Å². The van der Waals surface area contributed by atoms with Gasteiger partial charge >= 0.3 is 0 Å². The van der Waals surface area contributed by atoms with Crippen LogP contribution in [-0.4, -0.2) is 38.3 Å². The second kappa shape index (κ2) is 7.61. The van der Waals surface area contributed by atoms with E-state index in [1.165, 1.54) is 15.6 Å². The summed E-state index contributed by atoms with van der Waals surface area (Å²) >= 11 is 1.21. The fourth-order valence-corrected chi connectivity index (χ4v) is 6.36. The largest absolute Gasteiger partial charge is 0.493 e. The van der Waals surface area contributed by atoms with Crippen LogP contribution >= 0.6 is 11.3 Å². The molecule has 4 rings (SSSR count). The van der Waals surface area contributed by atoms with Crippen LogP contribution in [-0.2, 0) is 14.8 Å². The van der Waals surface area contributed by atoms with Gasteiger partial charge in [0.2, 0.25) is 5.91 Å². The van der Waals surface area contributed by atoms with E-state index in [2.05, 4.69) is 5.32 Å². The van der Waals surface area contributed by atoms with Crippen LogP contribution in [0.4, 0.5) is 0 Å². The lowest BCUT2D eigenvalue weighted by atomic mass is 9.96. The lowest BCUT2D eigenvalue weighted by Crippen LogP contribution is -2.46. The number of amides is 1. The third-order valence-electron chi connectivity index (χ3n) is 5.12. The summed E-state index contributed by atoms with van der Waals surface area (Å²) in [5.41, 5.74) is 0.982. The van der Waals surface area contributed by atoms with Gasteiger partial charge in [0.25, 0.3) is 10.0 Å². The Balaban J connectivity index is 1.46. The number of rotatable bonds is 4. The van der Waals surface area contributed by atoms with Gasteiger partial charge in [-0.3, -0.25) is 4.79 Å². The van der Waals surface area contributed by atoms with Gasteiger partial charge in [0.05, 0.1) is 18.6 Å². The van der Waals surface area contributed by atoms with Gasteiger partial charge < -0.3 is 10.1 Å². The fourth-order valence-electron chi connectivity index (χ4n) is 3.69. The minimum absolute atomic E-state index is 0.0808. The maximum atomic E-state index is 12.9. The topological polar surface area (TPSA) is 75.7 Å². The number of thiophene rings is 1. The monoisotopic (exact) mass is 406 g/mol. The number of hydrogen-bond donors (Lipinski definition) is 1. The van der Waals surface area contributed by atoms with Gasteiger partial charge in [0, 0.05) is 25.1 Å². The Morgan fingerprint density at radius 2 is 2.04 bits per heavy atom. The van der Waals surface area contributed by atoms with Crippen molar-refractivity contribution in [1.29, 1.82) is 0 Å². The Labute approximate surface area is 163 Å². The van der Waals surface area contributed by atoms with Crippen molar-refractivity contribution in [3.05, 3.63) is 47.3 Å². The lowest BCUT2D eigenvalue weighted by molar-refractivity contribution is -0.127. The van der Waals surface area contributed by atoms with Crippen LogP contribution in [0.3, 0.4) is 0 Å². The first-order chi connectivity index (χ1) is 13.1. The molecular weight excluding hydrogens is 384 g/mol. The van der Waals surface area contributed by atoms with Crippen LogP contribution in [0.25, 0.3) is 0 Å². The van der Waals surface area contributed by atoms with E-state index >= 15 is 0 Å². The highest BCUT2D eigenvalue weighted by atomic mass is 32.2. The molecule has 27 heavy (non-hydrogen) atoms. The predicted octanol–water partition coefficient (Wildman–Crippen LogP) is 2.79. The molecule has 0 unspecified atom stereocenters. The Bertz CT molecular complexity index is 912. The predicted molar refractivity (Wildman–Crippen MR) is 103 cm³/mol. The summed E-state index contributed by atoms with van der Waals surface area (Å²) < 4.78 is 32.9. The van der Waals surface area contributed by atoms with Crippen LogP contribution in [0, 0.1) is 5.92 Å². The maximum absolute atomic E-state index is 12.9. The molecule has 0 radical (unpaired) electrons. The fraction of sp³-hybridized carbons (Fsp3) is 0.421. The zero-order valence-electron chi connectivity index (χ0n) is 14.8. The molecule has 8 heteroatoms. The number of nitrogens with zero attached hydrogens (tertiary/aromatic N) is 1. The molecule has 144 valence electrons. The Morgan fingerprint density at radius 1 is 1.19 bits per heavy atom. The molecule has 1 N–H and O–H groups in total. The summed E-state index contributed by atoms with van der Waals surface area (Å²) in [6.07, 6.45) is 2.10. The molecule has 2 atom stereocenters. The van der Waals surface area contributed by atoms with Gasteiger partial charge in [0.1, 0.15) is 9.96 Å². The highest BCUT2D eigenvalue weighted by molar-refractivity contribution is 7.91. The summed E-state index contributed by atoms with van der Waals surface area (Å²) in [6, 6.07) is 11.0. The summed E-state index contributed by atoms with van der Waals surface area (Å²) in [6.45, 7) is 1.26. The molecule has 0 spiro atoms. The minimum Gasteiger partial charge on any atom is -0.493 e. The van der Waals surface area contributed by atoms with Gasteiger partial charge in [-0.2, -0.15) is 4.31 Å². The zero-order valence-corrected chi connectivity index (χ0v) is 16.5. The molecule has 0 bridgehead atoms. The third-order valence-corrected chi connectivity index (χ3v) is 8.36. The molecule has 0 saturated carbocycles. The first-order valence-electron chi connectivity index (χ1n) is 9.11. The van der Waals surface area contributed by atoms with Crippen molar-refractivity contribution < 1.29 is 17.9 Å². The molecule has 1 aromatic carbocycles. The number of benzene rings is 1. The quantitative estimate of drug-likeness (QED) is 0.847.